The third kappa shape index (κ3) is 4.95. The van der Waals surface area contributed by atoms with Crippen LogP contribution in [0, 0.1) is 5.41 Å². The molecule has 0 radical (unpaired) electrons. The minimum atomic E-state index is -0.746. The van der Waals surface area contributed by atoms with Gasteiger partial charge in [0.15, 0.2) is 0 Å². The molecule has 1 aliphatic heterocycles. The Balaban J connectivity index is 1.51. The number of aliphatic hydroxyl groups excluding tert-OH is 1. The van der Waals surface area contributed by atoms with Gasteiger partial charge in [-0.25, -0.2) is 9.67 Å². The van der Waals surface area contributed by atoms with E-state index in [4.69, 9.17) is 0 Å². The first-order valence-corrected chi connectivity index (χ1v) is 11.6. The Morgan fingerprint density at radius 2 is 1.97 bits per heavy atom. The van der Waals surface area contributed by atoms with Crippen LogP contribution in [0.25, 0.3) is 0 Å². The Morgan fingerprint density at radius 3 is 2.58 bits per heavy atom. The molecule has 0 spiro atoms. The van der Waals surface area contributed by atoms with E-state index in [1.807, 2.05) is 51.6 Å². The van der Waals surface area contributed by atoms with Crippen LogP contribution < -0.4 is 5.32 Å². The maximum absolute atomic E-state index is 13.8. The first-order chi connectivity index (χ1) is 15.5. The molecule has 2 amide bonds. The lowest BCUT2D eigenvalue weighted by Gasteiger charge is -2.35. The molecule has 2 aromatic heterocycles. The zero-order valence-corrected chi connectivity index (χ0v) is 20.1. The van der Waals surface area contributed by atoms with Gasteiger partial charge in [-0.05, 0) is 32.1 Å². The highest BCUT2D eigenvalue weighted by atomic mass is 16.3. The molecule has 180 valence electrons. The standard InChI is InChI=1S/C23H35N7O3/c1-22(2,3)19(30-12-17(26-27-30)15-6-7-15)21(33)29-11-16(31)10-18(29)20(32)25-13-23(4,5)28-9-8-24-14-28/h8-9,12,14-16,18-19,31H,6-7,10-11,13H2,1-5H3,(H,25,32)/t16-,18+,19-/m1/s1. The summed E-state index contributed by atoms with van der Waals surface area (Å²) in [4.78, 5) is 32.5. The number of hydrogen-bond acceptors (Lipinski definition) is 6. The van der Waals surface area contributed by atoms with E-state index in [-0.39, 0.29) is 30.3 Å². The summed E-state index contributed by atoms with van der Waals surface area (Å²) in [5.41, 5.74) is 0.0740. The fourth-order valence-corrected chi connectivity index (χ4v) is 4.46. The average Bonchev–Trinajstić information content (AvgIpc) is 3.12. The van der Waals surface area contributed by atoms with Gasteiger partial charge in [0.2, 0.25) is 11.8 Å². The van der Waals surface area contributed by atoms with Gasteiger partial charge in [-0.3, -0.25) is 9.59 Å². The first kappa shape index (κ1) is 23.4. The highest BCUT2D eigenvalue weighted by Gasteiger charge is 2.45. The van der Waals surface area contributed by atoms with Crippen molar-refractivity contribution in [3.8, 4) is 0 Å². The zero-order valence-electron chi connectivity index (χ0n) is 20.1. The minimum absolute atomic E-state index is 0.124. The van der Waals surface area contributed by atoms with Crippen molar-refractivity contribution in [3.63, 3.8) is 0 Å². The highest BCUT2D eigenvalue weighted by Crippen LogP contribution is 2.40. The SMILES string of the molecule is CC(C)(C)[C@@H](C(=O)N1C[C@H](O)C[C@H]1C(=O)NCC(C)(C)n1ccnc1)n1cc(C2CC2)nn1. The topological polar surface area (TPSA) is 118 Å². The van der Waals surface area contributed by atoms with Crippen molar-refractivity contribution in [2.24, 2.45) is 5.41 Å². The number of amides is 2. The Bertz CT molecular complexity index is 988. The predicted molar refractivity (Wildman–Crippen MR) is 121 cm³/mol. The number of β-amino-alcohol motifs (C(OH)–C–C–N with tert-alkyl or cyclic N) is 1. The van der Waals surface area contributed by atoms with Crippen molar-refractivity contribution in [2.45, 2.75) is 83.5 Å². The number of aliphatic hydroxyl groups is 1. The molecule has 0 bridgehead atoms. The number of hydrogen-bond donors (Lipinski definition) is 2. The summed E-state index contributed by atoms with van der Waals surface area (Å²) >= 11 is 0. The smallest absolute Gasteiger partial charge is 0.248 e. The molecular formula is C23H35N7O3. The summed E-state index contributed by atoms with van der Waals surface area (Å²) in [6.45, 7) is 10.4. The second kappa shape index (κ2) is 8.55. The van der Waals surface area contributed by atoms with E-state index < -0.39 is 23.6 Å². The van der Waals surface area contributed by atoms with Crippen LogP contribution in [-0.4, -0.2) is 71.6 Å². The lowest BCUT2D eigenvalue weighted by molar-refractivity contribution is -0.144. The van der Waals surface area contributed by atoms with Gasteiger partial charge in [0.25, 0.3) is 0 Å². The number of carbonyl (C=O) groups is 2. The lowest BCUT2D eigenvalue weighted by atomic mass is 9.85. The second-order valence-electron chi connectivity index (χ2n) is 11.1. The summed E-state index contributed by atoms with van der Waals surface area (Å²) in [6, 6.07) is -1.36. The van der Waals surface area contributed by atoms with Crippen LogP contribution >= 0.6 is 0 Å². The van der Waals surface area contributed by atoms with Gasteiger partial charge in [0, 0.05) is 44.0 Å². The van der Waals surface area contributed by atoms with Crippen LogP contribution in [0.4, 0.5) is 0 Å². The molecule has 4 rings (SSSR count). The summed E-state index contributed by atoms with van der Waals surface area (Å²) in [5.74, 6) is -0.0567. The Hall–Kier alpha value is -2.75. The Labute approximate surface area is 194 Å². The fraction of sp³-hybridized carbons (Fsp3) is 0.696. The molecule has 0 aromatic carbocycles. The van der Waals surface area contributed by atoms with E-state index in [0.29, 0.717) is 12.5 Å². The number of likely N-dealkylation sites (tertiary alicyclic amines) is 1. The number of imidazole rings is 1. The van der Waals surface area contributed by atoms with E-state index in [1.54, 1.807) is 17.2 Å². The van der Waals surface area contributed by atoms with Crippen LogP contribution in [0.2, 0.25) is 0 Å². The van der Waals surface area contributed by atoms with Gasteiger partial charge >= 0.3 is 0 Å². The van der Waals surface area contributed by atoms with E-state index in [1.165, 1.54) is 4.90 Å². The van der Waals surface area contributed by atoms with Gasteiger partial charge in [-0.2, -0.15) is 0 Å². The second-order valence-corrected chi connectivity index (χ2v) is 11.1. The van der Waals surface area contributed by atoms with Gasteiger partial charge in [0.1, 0.15) is 12.1 Å². The molecule has 2 N–H and O–H groups in total. The molecule has 1 saturated heterocycles. The molecule has 10 nitrogen and oxygen atoms in total. The molecule has 2 fully saturated rings. The number of aromatic nitrogens is 5. The van der Waals surface area contributed by atoms with Gasteiger partial charge in [-0.15, -0.1) is 5.10 Å². The third-order valence-electron chi connectivity index (χ3n) is 6.61. The minimum Gasteiger partial charge on any atom is -0.391 e. The van der Waals surface area contributed by atoms with Crippen molar-refractivity contribution >= 4 is 11.8 Å². The van der Waals surface area contributed by atoms with E-state index >= 15 is 0 Å². The molecular weight excluding hydrogens is 422 g/mol. The van der Waals surface area contributed by atoms with Crippen LogP contribution in [0.3, 0.4) is 0 Å². The van der Waals surface area contributed by atoms with Crippen molar-refractivity contribution in [2.75, 3.05) is 13.1 Å². The highest BCUT2D eigenvalue weighted by molar-refractivity contribution is 5.90. The van der Waals surface area contributed by atoms with E-state index in [0.717, 1.165) is 18.5 Å². The van der Waals surface area contributed by atoms with E-state index in [2.05, 4.69) is 20.6 Å². The van der Waals surface area contributed by atoms with Gasteiger partial charge in [-0.1, -0.05) is 26.0 Å². The molecule has 10 heteroatoms. The average molecular weight is 458 g/mol. The predicted octanol–water partition coefficient (Wildman–Crippen LogP) is 1.45. The maximum Gasteiger partial charge on any atom is 0.248 e. The largest absolute Gasteiger partial charge is 0.391 e. The van der Waals surface area contributed by atoms with Crippen molar-refractivity contribution in [1.82, 2.24) is 34.8 Å². The zero-order chi connectivity index (χ0) is 24.0. The van der Waals surface area contributed by atoms with Gasteiger partial charge in [0.05, 0.1) is 23.7 Å². The summed E-state index contributed by atoms with van der Waals surface area (Å²) in [6.07, 6.45) is 8.79. The molecule has 1 saturated carbocycles. The van der Waals surface area contributed by atoms with Crippen molar-refractivity contribution in [1.29, 1.82) is 0 Å². The monoisotopic (exact) mass is 457 g/mol. The quantitative estimate of drug-likeness (QED) is 0.650. The molecule has 3 heterocycles. The first-order valence-electron chi connectivity index (χ1n) is 11.6. The van der Waals surface area contributed by atoms with Crippen LogP contribution in [0.15, 0.2) is 24.9 Å². The van der Waals surface area contributed by atoms with Crippen molar-refractivity contribution in [3.05, 3.63) is 30.6 Å². The molecule has 33 heavy (non-hydrogen) atoms. The summed E-state index contributed by atoms with van der Waals surface area (Å²) in [5, 5.41) is 21.9. The van der Waals surface area contributed by atoms with Gasteiger partial charge < -0.3 is 19.9 Å². The third-order valence-corrected chi connectivity index (χ3v) is 6.61. The molecule has 1 aliphatic carbocycles. The number of rotatable bonds is 7. The molecule has 2 aromatic rings. The Kier molecular flexibility index (Phi) is 6.07. The van der Waals surface area contributed by atoms with Crippen LogP contribution in [0.1, 0.15) is 71.5 Å². The number of carbonyl (C=O) groups excluding carboxylic acids is 2. The molecule has 3 atom stereocenters. The van der Waals surface area contributed by atoms with Crippen LogP contribution in [-0.2, 0) is 15.1 Å². The summed E-state index contributed by atoms with van der Waals surface area (Å²) < 4.78 is 3.56. The normalized spacial score (nSPS) is 22.4. The maximum atomic E-state index is 13.8. The Morgan fingerprint density at radius 1 is 1.24 bits per heavy atom. The number of nitrogens with zero attached hydrogens (tertiary/aromatic N) is 6. The number of nitrogens with one attached hydrogen (secondary N) is 1. The lowest BCUT2D eigenvalue weighted by Crippen LogP contribution is -2.52. The van der Waals surface area contributed by atoms with Crippen LogP contribution in [0.5, 0.6) is 0 Å². The van der Waals surface area contributed by atoms with Crippen molar-refractivity contribution < 1.29 is 14.7 Å². The molecule has 2 aliphatic rings. The fourth-order valence-electron chi connectivity index (χ4n) is 4.46. The van der Waals surface area contributed by atoms with E-state index in [9.17, 15) is 14.7 Å². The molecule has 0 unspecified atom stereocenters. The summed E-state index contributed by atoms with van der Waals surface area (Å²) in [7, 11) is 0.